The quantitative estimate of drug-likeness (QED) is 0.148. The summed E-state index contributed by atoms with van der Waals surface area (Å²) in [5.41, 5.74) is 2.51. The average Bonchev–Trinajstić information content (AvgIpc) is 2.97. The second-order valence-corrected chi connectivity index (χ2v) is 27.5. The lowest BCUT2D eigenvalue weighted by atomic mass is 9.91. The Balaban J connectivity index is 2.02. The molecule has 0 saturated carbocycles. The number of hydrogen-bond donors (Lipinski definition) is 0. The molecule has 6 nitrogen and oxygen atoms in total. The number of esters is 1. The summed E-state index contributed by atoms with van der Waals surface area (Å²) in [6.45, 7) is 32.2. The van der Waals surface area contributed by atoms with Crippen LogP contribution in [0.3, 0.4) is 0 Å². The molecule has 50 heavy (non-hydrogen) atoms. The van der Waals surface area contributed by atoms with Gasteiger partial charge in [-0.05, 0) is 87.6 Å². The standard InChI is InChI=1S/C42H70O6Si2/c1-31-25-26-44-35(28-31)23-24-39(48-50(12,13)42(7,8)9)38-21-15-20-37(47-49(10,11)41(4,5)6)30-33(3)27-32(2)29-36-19-14-17-34(45-36)18-16-22-40(43)46-38/h14-17,20,22-25,32,34-39H,3,18-19,21,26-30H2,1-2,4-13H3/b20-15+,22-16+,24-23+/t32-,34-,35+,36-,37+,38-,39-/m0/s1. The van der Waals surface area contributed by atoms with Gasteiger partial charge < -0.3 is 23.1 Å². The fourth-order valence-corrected chi connectivity index (χ4v) is 8.64. The van der Waals surface area contributed by atoms with E-state index < -0.39 is 28.8 Å². The van der Waals surface area contributed by atoms with Crippen LogP contribution in [-0.2, 0) is 27.9 Å². The predicted octanol–water partition coefficient (Wildman–Crippen LogP) is 11.0. The van der Waals surface area contributed by atoms with E-state index in [1.807, 2.05) is 6.08 Å². The molecule has 2 bridgehead atoms. The minimum atomic E-state index is -2.27. The molecule has 0 fully saturated rings. The lowest BCUT2D eigenvalue weighted by Gasteiger charge is -2.40. The molecule has 0 aromatic carbocycles. The van der Waals surface area contributed by atoms with Crippen molar-refractivity contribution < 1.29 is 27.9 Å². The molecule has 0 aliphatic carbocycles. The van der Waals surface area contributed by atoms with Gasteiger partial charge in [0.1, 0.15) is 12.2 Å². The summed E-state index contributed by atoms with van der Waals surface area (Å²) >= 11 is 0. The van der Waals surface area contributed by atoms with Crippen LogP contribution in [0, 0.1) is 5.92 Å². The minimum Gasteiger partial charge on any atom is -0.456 e. The number of carbonyl (C=O) groups excluding carboxylic acids is 1. The van der Waals surface area contributed by atoms with Gasteiger partial charge in [-0.25, -0.2) is 4.79 Å². The van der Waals surface area contributed by atoms with Crippen LogP contribution in [0.15, 0.2) is 72.4 Å². The van der Waals surface area contributed by atoms with Gasteiger partial charge in [-0.2, -0.15) is 0 Å². The van der Waals surface area contributed by atoms with Gasteiger partial charge in [-0.1, -0.05) is 115 Å². The van der Waals surface area contributed by atoms with Crippen LogP contribution in [0.4, 0.5) is 0 Å². The lowest BCUT2D eigenvalue weighted by molar-refractivity contribution is -0.146. The highest BCUT2D eigenvalue weighted by Crippen LogP contribution is 2.40. The Bertz CT molecular complexity index is 1280. The zero-order chi connectivity index (χ0) is 37.3. The number of fused-ring (bicyclic) bond motifs is 2. The molecular weight excluding hydrogens is 657 g/mol. The maximum absolute atomic E-state index is 13.5. The van der Waals surface area contributed by atoms with E-state index in [0.29, 0.717) is 25.4 Å². The SMILES string of the molecule is C=C1C[C@H](C)C[C@@H]2CC=C[C@@H](C/C=C/C(=O)O[C@H]([C@H](/C=C/[C@@H]3CC(C)=CCO3)O[Si](C)(C)C(C)(C)C)C/C=C/[C@@H](O[Si](C)(C)C(C)(C)C)C1)O2. The van der Waals surface area contributed by atoms with Crippen LogP contribution in [0.1, 0.15) is 100 Å². The third kappa shape index (κ3) is 13.6. The molecule has 3 aliphatic rings. The second-order valence-electron chi connectivity index (χ2n) is 18.0. The summed E-state index contributed by atoms with van der Waals surface area (Å²) in [5, 5.41) is 0.0376. The molecule has 0 aromatic heterocycles. The van der Waals surface area contributed by atoms with Gasteiger partial charge in [0, 0.05) is 12.5 Å². The molecule has 3 rings (SSSR count). The first kappa shape index (κ1) is 42.6. The van der Waals surface area contributed by atoms with E-state index in [4.69, 9.17) is 23.1 Å². The highest BCUT2D eigenvalue weighted by atomic mass is 28.4. The van der Waals surface area contributed by atoms with Crippen molar-refractivity contribution in [1.82, 2.24) is 0 Å². The summed E-state index contributed by atoms with van der Waals surface area (Å²) in [6, 6.07) is 0. The van der Waals surface area contributed by atoms with E-state index in [1.54, 1.807) is 6.08 Å². The van der Waals surface area contributed by atoms with Crippen molar-refractivity contribution in [3.63, 3.8) is 0 Å². The van der Waals surface area contributed by atoms with Crippen molar-refractivity contribution in [2.45, 2.75) is 173 Å². The maximum atomic E-state index is 13.5. The Labute approximate surface area is 307 Å². The first-order valence-electron chi connectivity index (χ1n) is 19.0. The van der Waals surface area contributed by atoms with Crippen molar-refractivity contribution in [3.8, 4) is 0 Å². The summed E-state index contributed by atoms with van der Waals surface area (Å²) in [7, 11) is -4.36. The van der Waals surface area contributed by atoms with Crippen molar-refractivity contribution in [2.75, 3.05) is 6.61 Å². The molecule has 0 amide bonds. The van der Waals surface area contributed by atoms with Crippen molar-refractivity contribution in [2.24, 2.45) is 5.92 Å². The van der Waals surface area contributed by atoms with Crippen LogP contribution in [0.5, 0.6) is 0 Å². The Hall–Kier alpha value is -1.82. The fraction of sp³-hybridized carbons (Fsp3) is 0.690. The first-order chi connectivity index (χ1) is 23.1. The molecule has 0 N–H and O–H groups in total. The highest BCUT2D eigenvalue weighted by molar-refractivity contribution is 6.74. The van der Waals surface area contributed by atoms with Gasteiger partial charge in [0.25, 0.3) is 0 Å². The molecule has 3 aliphatic heterocycles. The van der Waals surface area contributed by atoms with Crippen LogP contribution >= 0.6 is 0 Å². The number of hydrogen-bond acceptors (Lipinski definition) is 6. The van der Waals surface area contributed by atoms with Gasteiger partial charge in [-0.15, -0.1) is 0 Å². The van der Waals surface area contributed by atoms with Gasteiger partial charge in [-0.3, -0.25) is 0 Å². The number of cyclic esters (lactones) is 1. The molecule has 282 valence electrons. The lowest BCUT2D eigenvalue weighted by Crippen LogP contribution is -2.47. The summed E-state index contributed by atoms with van der Waals surface area (Å²) in [5.74, 6) is 0.0697. The van der Waals surface area contributed by atoms with Gasteiger partial charge in [0.05, 0.1) is 31.0 Å². The molecule has 0 aromatic rings. The van der Waals surface area contributed by atoms with E-state index in [0.717, 1.165) is 32.1 Å². The third-order valence-corrected chi connectivity index (χ3v) is 20.1. The summed E-state index contributed by atoms with van der Waals surface area (Å²) in [4.78, 5) is 13.5. The molecule has 0 spiro atoms. The van der Waals surface area contributed by atoms with E-state index in [2.05, 4.69) is 131 Å². The predicted molar refractivity (Wildman–Crippen MR) is 213 cm³/mol. The zero-order valence-electron chi connectivity index (χ0n) is 33.6. The van der Waals surface area contributed by atoms with Crippen molar-refractivity contribution in [1.29, 1.82) is 0 Å². The van der Waals surface area contributed by atoms with E-state index >= 15 is 0 Å². The van der Waals surface area contributed by atoms with Crippen LogP contribution in [-0.4, -0.2) is 65.8 Å². The second kappa shape index (κ2) is 18.3. The first-order valence-corrected chi connectivity index (χ1v) is 24.8. The maximum Gasteiger partial charge on any atom is 0.330 e. The molecule has 0 unspecified atom stereocenters. The van der Waals surface area contributed by atoms with Gasteiger partial charge >= 0.3 is 5.97 Å². The van der Waals surface area contributed by atoms with Crippen LogP contribution < -0.4 is 0 Å². The fourth-order valence-electron chi connectivity index (χ4n) is 6.10. The summed E-state index contributed by atoms with van der Waals surface area (Å²) in [6.07, 6.45) is 22.9. The summed E-state index contributed by atoms with van der Waals surface area (Å²) < 4.78 is 32.9. The Morgan fingerprint density at radius 2 is 1.60 bits per heavy atom. The monoisotopic (exact) mass is 726 g/mol. The Morgan fingerprint density at radius 3 is 2.26 bits per heavy atom. The molecule has 7 atom stereocenters. The van der Waals surface area contributed by atoms with Gasteiger partial charge in [0.15, 0.2) is 16.6 Å². The van der Waals surface area contributed by atoms with E-state index in [-0.39, 0.29) is 40.5 Å². The van der Waals surface area contributed by atoms with Gasteiger partial charge in [0.2, 0.25) is 0 Å². The zero-order valence-corrected chi connectivity index (χ0v) is 35.6. The van der Waals surface area contributed by atoms with Crippen molar-refractivity contribution in [3.05, 3.63) is 72.4 Å². The molecular formula is C42H70O6Si2. The molecule has 0 saturated heterocycles. The number of carbonyl (C=O) groups is 1. The highest BCUT2D eigenvalue weighted by Gasteiger charge is 2.41. The number of rotatable bonds is 7. The van der Waals surface area contributed by atoms with Crippen LogP contribution in [0.2, 0.25) is 36.3 Å². The largest absolute Gasteiger partial charge is 0.456 e. The average molecular weight is 727 g/mol. The minimum absolute atomic E-state index is 0.0278. The third-order valence-electron chi connectivity index (χ3n) is 11.2. The van der Waals surface area contributed by atoms with E-state index in [9.17, 15) is 4.79 Å². The Kier molecular flexibility index (Phi) is 15.6. The normalized spacial score (nSPS) is 30.6. The topological polar surface area (TPSA) is 63.2 Å². The smallest absolute Gasteiger partial charge is 0.330 e. The van der Waals surface area contributed by atoms with Crippen LogP contribution in [0.25, 0.3) is 0 Å². The molecule has 3 heterocycles. The number of ether oxygens (including phenoxy) is 3. The van der Waals surface area contributed by atoms with Crippen molar-refractivity contribution >= 4 is 22.6 Å². The van der Waals surface area contributed by atoms with E-state index in [1.165, 1.54) is 11.1 Å². The molecule has 0 radical (unpaired) electrons. The molecule has 8 heteroatoms. The Morgan fingerprint density at radius 1 is 0.920 bits per heavy atom.